The number of nitrogens with one attached hydrogen (secondary N) is 1. The Morgan fingerprint density at radius 3 is 2.68 bits per heavy atom. The van der Waals surface area contributed by atoms with E-state index in [0.29, 0.717) is 13.1 Å². The van der Waals surface area contributed by atoms with E-state index < -0.39 is 0 Å². The highest BCUT2D eigenvalue weighted by atomic mass is 16.5. The number of fused-ring (bicyclic) bond motifs is 1. The number of nitrogens with zero attached hydrogens (tertiary/aromatic N) is 3. The van der Waals surface area contributed by atoms with Crippen molar-refractivity contribution in [2.75, 3.05) is 50.8 Å². The second kappa shape index (κ2) is 7.89. The molecule has 4 aliphatic rings. The molecule has 4 fully saturated rings. The Labute approximate surface area is 183 Å². The van der Waals surface area contributed by atoms with E-state index in [2.05, 4.69) is 22.3 Å². The minimum Gasteiger partial charge on any atom is -0.491 e. The van der Waals surface area contributed by atoms with Gasteiger partial charge in [-0.15, -0.1) is 0 Å². The van der Waals surface area contributed by atoms with Crippen LogP contribution in [0.1, 0.15) is 26.7 Å². The molecule has 4 aliphatic heterocycles. The number of urea groups is 1. The fourth-order valence-electron chi connectivity index (χ4n) is 5.38. The van der Waals surface area contributed by atoms with Gasteiger partial charge in [0.05, 0.1) is 18.2 Å². The van der Waals surface area contributed by atoms with Gasteiger partial charge in [-0.25, -0.2) is 4.79 Å². The summed E-state index contributed by atoms with van der Waals surface area (Å²) < 4.78 is 11.3. The average Bonchev–Trinajstić information content (AvgIpc) is 3.18. The second-order valence-electron chi connectivity index (χ2n) is 9.73. The molecule has 1 aromatic carbocycles. The number of rotatable bonds is 3. The van der Waals surface area contributed by atoms with Crippen LogP contribution in [0.5, 0.6) is 5.75 Å². The first-order valence-electron chi connectivity index (χ1n) is 11.4. The number of amides is 3. The van der Waals surface area contributed by atoms with Crippen molar-refractivity contribution in [1.29, 1.82) is 0 Å². The predicted molar refractivity (Wildman–Crippen MR) is 116 cm³/mol. The first kappa shape index (κ1) is 20.4. The fraction of sp³-hybridized carbons (Fsp3) is 0.652. The van der Waals surface area contributed by atoms with E-state index >= 15 is 0 Å². The quantitative estimate of drug-likeness (QED) is 0.793. The van der Waals surface area contributed by atoms with Crippen molar-refractivity contribution in [3.8, 4) is 5.75 Å². The lowest BCUT2D eigenvalue weighted by atomic mass is 9.79. The Morgan fingerprint density at radius 2 is 1.94 bits per heavy atom. The van der Waals surface area contributed by atoms with Gasteiger partial charge in [-0.1, -0.05) is 0 Å². The van der Waals surface area contributed by atoms with Gasteiger partial charge in [-0.2, -0.15) is 0 Å². The van der Waals surface area contributed by atoms with E-state index in [-0.39, 0.29) is 42.2 Å². The number of carbonyl (C=O) groups excluding carboxylic acids is 2. The third-order valence-corrected chi connectivity index (χ3v) is 6.93. The Morgan fingerprint density at radius 1 is 1.16 bits per heavy atom. The smallest absolute Gasteiger partial charge is 0.320 e. The summed E-state index contributed by atoms with van der Waals surface area (Å²) in [4.78, 5) is 31.0. The molecule has 8 heteroatoms. The molecule has 4 heterocycles. The van der Waals surface area contributed by atoms with Gasteiger partial charge < -0.3 is 29.5 Å². The van der Waals surface area contributed by atoms with E-state index in [1.807, 2.05) is 35.8 Å². The second-order valence-corrected chi connectivity index (χ2v) is 9.73. The highest BCUT2D eigenvalue weighted by Crippen LogP contribution is 2.42. The molecule has 0 saturated carbocycles. The summed E-state index contributed by atoms with van der Waals surface area (Å²) in [6.07, 6.45) is 2.03. The van der Waals surface area contributed by atoms with Crippen LogP contribution < -0.4 is 15.0 Å². The SMILES string of the molecule is CC(C)Oc1ccc(N2CC3(CCN(C(=O)N4CC[C@@H]5OCC(=O)NC5C4)C3)C2)cc1. The van der Waals surface area contributed by atoms with Gasteiger partial charge in [0.2, 0.25) is 5.91 Å². The van der Waals surface area contributed by atoms with Crippen molar-refractivity contribution in [3.05, 3.63) is 24.3 Å². The molecule has 1 N–H and O–H groups in total. The van der Waals surface area contributed by atoms with Crippen LogP contribution in [0, 0.1) is 5.41 Å². The Hall–Kier alpha value is -2.48. The maximum Gasteiger partial charge on any atom is 0.320 e. The van der Waals surface area contributed by atoms with Crippen molar-refractivity contribution in [2.24, 2.45) is 5.41 Å². The normalized spacial score (nSPS) is 27.2. The zero-order valence-electron chi connectivity index (χ0n) is 18.4. The van der Waals surface area contributed by atoms with Crippen LogP contribution in [0.2, 0.25) is 0 Å². The molecule has 0 bridgehead atoms. The van der Waals surface area contributed by atoms with Gasteiger partial charge >= 0.3 is 6.03 Å². The Kier molecular flexibility index (Phi) is 5.20. The van der Waals surface area contributed by atoms with Gasteiger partial charge in [0, 0.05) is 50.4 Å². The Bertz CT molecular complexity index is 836. The summed E-state index contributed by atoms with van der Waals surface area (Å²) in [7, 11) is 0. The fourth-order valence-corrected chi connectivity index (χ4v) is 5.38. The molecule has 168 valence electrons. The van der Waals surface area contributed by atoms with Crippen LogP contribution >= 0.6 is 0 Å². The number of ether oxygens (including phenoxy) is 2. The summed E-state index contributed by atoms with van der Waals surface area (Å²) in [6, 6.07) is 8.31. The molecule has 8 nitrogen and oxygen atoms in total. The van der Waals surface area contributed by atoms with Gasteiger partial charge in [-0.05, 0) is 51.0 Å². The summed E-state index contributed by atoms with van der Waals surface area (Å²) in [5.74, 6) is 0.809. The number of anilines is 1. The van der Waals surface area contributed by atoms with E-state index in [4.69, 9.17) is 9.47 Å². The van der Waals surface area contributed by atoms with Gasteiger partial charge in [0.1, 0.15) is 12.4 Å². The number of carbonyl (C=O) groups is 2. The molecule has 0 aromatic heterocycles. The Balaban J connectivity index is 1.14. The largest absolute Gasteiger partial charge is 0.491 e. The summed E-state index contributed by atoms with van der Waals surface area (Å²) in [5, 5.41) is 2.98. The molecule has 0 radical (unpaired) electrons. The van der Waals surface area contributed by atoms with Crippen LogP contribution in [-0.4, -0.2) is 85.9 Å². The summed E-state index contributed by atoms with van der Waals surface area (Å²) in [5.41, 5.74) is 1.41. The zero-order valence-corrected chi connectivity index (χ0v) is 18.4. The highest BCUT2D eigenvalue weighted by Gasteiger charge is 2.49. The first-order valence-corrected chi connectivity index (χ1v) is 11.4. The summed E-state index contributed by atoms with van der Waals surface area (Å²) >= 11 is 0. The van der Waals surface area contributed by atoms with E-state index in [0.717, 1.165) is 44.8 Å². The van der Waals surface area contributed by atoms with Crippen LogP contribution in [-0.2, 0) is 9.53 Å². The molecule has 1 aromatic rings. The average molecular weight is 429 g/mol. The molecule has 1 unspecified atom stereocenters. The van der Waals surface area contributed by atoms with Crippen molar-refractivity contribution < 1.29 is 19.1 Å². The third-order valence-electron chi connectivity index (χ3n) is 6.93. The number of morpholine rings is 1. The highest BCUT2D eigenvalue weighted by molar-refractivity contribution is 5.79. The molecule has 2 atom stereocenters. The number of hydrogen-bond acceptors (Lipinski definition) is 5. The minimum atomic E-state index is -0.0889. The minimum absolute atomic E-state index is 0.0317. The molecular weight excluding hydrogens is 396 g/mol. The van der Waals surface area contributed by atoms with Crippen LogP contribution in [0.25, 0.3) is 0 Å². The van der Waals surface area contributed by atoms with E-state index in [1.54, 1.807) is 0 Å². The number of benzene rings is 1. The topological polar surface area (TPSA) is 74.3 Å². The maximum atomic E-state index is 13.1. The zero-order chi connectivity index (χ0) is 21.6. The molecule has 5 rings (SSSR count). The van der Waals surface area contributed by atoms with Crippen molar-refractivity contribution >= 4 is 17.6 Å². The van der Waals surface area contributed by atoms with Gasteiger partial charge in [0.25, 0.3) is 0 Å². The monoisotopic (exact) mass is 428 g/mol. The molecule has 0 aliphatic carbocycles. The molecule has 3 amide bonds. The number of piperidine rings is 1. The maximum absolute atomic E-state index is 13.1. The molecular formula is C23H32N4O4. The lowest BCUT2D eigenvalue weighted by molar-refractivity contribution is -0.139. The van der Waals surface area contributed by atoms with Crippen LogP contribution in [0.4, 0.5) is 10.5 Å². The molecule has 4 saturated heterocycles. The van der Waals surface area contributed by atoms with Crippen LogP contribution in [0.3, 0.4) is 0 Å². The van der Waals surface area contributed by atoms with Crippen molar-refractivity contribution in [2.45, 2.75) is 44.9 Å². The predicted octanol–water partition coefficient (Wildman–Crippen LogP) is 1.70. The van der Waals surface area contributed by atoms with Gasteiger partial charge in [-0.3, -0.25) is 4.79 Å². The lowest BCUT2D eigenvalue weighted by Gasteiger charge is -2.49. The first-order chi connectivity index (χ1) is 14.9. The number of hydrogen-bond donors (Lipinski definition) is 1. The van der Waals surface area contributed by atoms with E-state index in [1.165, 1.54) is 5.69 Å². The van der Waals surface area contributed by atoms with Crippen molar-refractivity contribution in [1.82, 2.24) is 15.1 Å². The molecule has 31 heavy (non-hydrogen) atoms. The van der Waals surface area contributed by atoms with Gasteiger partial charge in [0.15, 0.2) is 0 Å². The molecule has 1 spiro atoms. The van der Waals surface area contributed by atoms with E-state index in [9.17, 15) is 9.59 Å². The lowest BCUT2D eigenvalue weighted by Crippen LogP contribution is -2.62. The third kappa shape index (κ3) is 4.05. The van der Waals surface area contributed by atoms with Crippen molar-refractivity contribution in [3.63, 3.8) is 0 Å². The number of likely N-dealkylation sites (tertiary alicyclic amines) is 2. The standard InChI is InChI=1S/C23H32N4O4/c1-16(2)31-18-5-3-17(4-6-18)27-14-23(15-27)8-10-26(13-23)22(29)25-9-7-20-19(11-25)24-21(28)12-30-20/h3-6,16,19-20H,7-15H2,1-2H3,(H,24,28)/t19?,20-/m0/s1. The van der Waals surface area contributed by atoms with Crippen LogP contribution in [0.15, 0.2) is 24.3 Å². The summed E-state index contributed by atoms with van der Waals surface area (Å²) in [6.45, 7) is 9.00.